The first-order valence-electron chi connectivity index (χ1n) is 6.14. The maximum atomic E-state index is 11.6. The number of hydrogen-bond donors (Lipinski definition) is 3. The van der Waals surface area contributed by atoms with E-state index in [-0.39, 0.29) is 17.7 Å². The lowest BCUT2D eigenvalue weighted by molar-refractivity contribution is -0.117. The molecule has 2 rings (SSSR count). The zero-order valence-corrected chi connectivity index (χ0v) is 11.5. The highest BCUT2D eigenvalue weighted by Crippen LogP contribution is 2.24. The van der Waals surface area contributed by atoms with E-state index in [1.54, 1.807) is 0 Å². The van der Waals surface area contributed by atoms with Crippen LogP contribution in [0.2, 0.25) is 0 Å². The van der Waals surface area contributed by atoms with Gasteiger partial charge in [-0.25, -0.2) is 4.79 Å². The van der Waals surface area contributed by atoms with Crippen LogP contribution in [-0.2, 0) is 4.79 Å². The van der Waals surface area contributed by atoms with Gasteiger partial charge >= 0.3 is 6.03 Å². The summed E-state index contributed by atoms with van der Waals surface area (Å²) < 4.78 is 0. The largest absolute Gasteiger partial charge is 0.399 e. The summed E-state index contributed by atoms with van der Waals surface area (Å²) in [6.45, 7) is 1.96. The van der Waals surface area contributed by atoms with E-state index in [4.69, 9.17) is 5.73 Å². The number of thioether (sulfide) groups is 1. The number of carbonyl (C=O) groups is 2. The van der Waals surface area contributed by atoms with Crippen LogP contribution in [0, 0.1) is 6.92 Å². The molecule has 0 unspecified atom stereocenters. The van der Waals surface area contributed by atoms with Crippen LogP contribution in [-0.4, -0.2) is 23.7 Å². The Kier molecular flexibility index (Phi) is 4.31. The molecule has 5 nitrogen and oxygen atoms in total. The van der Waals surface area contributed by atoms with Gasteiger partial charge in [0.05, 0.1) is 5.75 Å². The topological polar surface area (TPSA) is 84.2 Å². The van der Waals surface area contributed by atoms with Crippen LogP contribution in [0.1, 0.15) is 18.4 Å². The predicted molar refractivity (Wildman–Crippen MR) is 76.0 cm³/mol. The summed E-state index contributed by atoms with van der Waals surface area (Å²) in [7, 11) is 0. The Labute approximate surface area is 116 Å². The molecule has 0 spiro atoms. The van der Waals surface area contributed by atoms with Crippen molar-refractivity contribution in [2.75, 3.05) is 11.5 Å². The van der Waals surface area contributed by atoms with Gasteiger partial charge in [0.15, 0.2) is 0 Å². The fourth-order valence-corrected chi connectivity index (χ4v) is 2.40. The van der Waals surface area contributed by atoms with E-state index in [0.29, 0.717) is 5.69 Å². The Morgan fingerprint density at radius 2 is 2.16 bits per heavy atom. The second-order valence-corrected chi connectivity index (χ2v) is 5.63. The van der Waals surface area contributed by atoms with E-state index in [9.17, 15) is 9.59 Å². The average Bonchev–Trinajstić information content (AvgIpc) is 3.14. The van der Waals surface area contributed by atoms with Crippen LogP contribution in [0.5, 0.6) is 0 Å². The van der Waals surface area contributed by atoms with Crippen molar-refractivity contribution in [3.63, 3.8) is 0 Å². The van der Waals surface area contributed by atoms with Gasteiger partial charge in [0.1, 0.15) is 0 Å². The molecular formula is C13H17N3O2S. The highest BCUT2D eigenvalue weighted by Gasteiger charge is 2.23. The Hall–Kier alpha value is -1.69. The molecule has 1 aliphatic rings. The summed E-state index contributed by atoms with van der Waals surface area (Å²) >= 11 is 1.37. The first-order chi connectivity index (χ1) is 9.04. The van der Waals surface area contributed by atoms with Gasteiger partial charge in [-0.3, -0.25) is 10.1 Å². The minimum Gasteiger partial charge on any atom is -0.399 e. The summed E-state index contributed by atoms with van der Waals surface area (Å²) in [5, 5.41) is 5.02. The van der Waals surface area contributed by atoms with E-state index in [1.165, 1.54) is 11.8 Å². The zero-order chi connectivity index (χ0) is 13.8. The number of aryl methyl sites for hydroxylation is 1. The molecule has 0 aliphatic heterocycles. The molecule has 0 atom stereocenters. The third kappa shape index (κ3) is 4.48. The number of nitrogen functional groups attached to an aromatic ring is 1. The molecule has 0 aromatic heterocycles. The van der Waals surface area contributed by atoms with Crippen molar-refractivity contribution in [3.8, 4) is 0 Å². The normalized spacial score (nSPS) is 13.9. The van der Waals surface area contributed by atoms with Crippen molar-refractivity contribution < 1.29 is 9.59 Å². The van der Waals surface area contributed by atoms with E-state index < -0.39 is 6.03 Å². The van der Waals surface area contributed by atoms with Crippen molar-refractivity contribution in [2.24, 2.45) is 0 Å². The lowest BCUT2D eigenvalue weighted by Gasteiger charge is -2.07. The molecule has 6 heteroatoms. The van der Waals surface area contributed by atoms with Crippen molar-refractivity contribution in [1.29, 1.82) is 0 Å². The fraction of sp³-hybridized carbons (Fsp3) is 0.385. The predicted octanol–water partition coefficient (Wildman–Crippen LogP) is 1.66. The van der Waals surface area contributed by atoms with Crippen LogP contribution in [0.15, 0.2) is 23.1 Å². The molecule has 1 aromatic rings. The van der Waals surface area contributed by atoms with E-state index in [1.807, 2.05) is 25.1 Å². The van der Waals surface area contributed by atoms with Crippen molar-refractivity contribution >= 4 is 29.4 Å². The Morgan fingerprint density at radius 1 is 1.42 bits per heavy atom. The van der Waals surface area contributed by atoms with Gasteiger partial charge in [0.25, 0.3) is 0 Å². The maximum Gasteiger partial charge on any atom is 0.321 e. The first kappa shape index (κ1) is 13.7. The molecular weight excluding hydrogens is 262 g/mol. The maximum absolute atomic E-state index is 11.6. The average molecular weight is 279 g/mol. The van der Waals surface area contributed by atoms with Crippen LogP contribution in [0.25, 0.3) is 0 Å². The third-order valence-corrected chi connectivity index (χ3v) is 3.89. The standard InChI is InChI=1S/C13H17N3O2S/c1-8-2-3-9(14)6-11(8)19-7-12(17)16-13(18)15-10-4-5-10/h2-3,6,10H,4-5,7,14H2,1H3,(H2,15,16,17,18). The highest BCUT2D eigenvalue weighted by atomic mass is 32.2. The summed E-state index contributed by atoms with van der Waals surface area (Å²) in [6.07, 6.45) is 2.00. The Bertz CT molecular complexity index is 501. The number of imide groups is 1. The van der Waals surface area contributed by atoms with Crippen molar-refractivity contribution in [1.82, 2.24) is 10.6 Å². The van der Waals surface area contributed by atoms with Gasteiger partial charge in [-0.05, 0) is 37.5 Å². The molecule has 19 heavy (non-hydrogen) atoms. The van der Waals surface area contributed by atoms with Crippen molar-refractivity contribution in [3.05, 3.63) is 23.8 Å². The van der Waals surface area contributed by atoms with Gasteiger partial charge in [0.2, 0.25) is 5.91 Å². The summed E-state index contributed by atoms with van der Waals surface area (Å²) in [4.78, 5) is 23.9. The van der Waals surface area contributed by atoms with Gasteiger partial charge in [-0.2, -0.15) is 0 Å². The molecule has 4 N–H and O–H groups in total. The summed E-state index contributed by atoms with van der Waals surface area (Å²) in [5.74, 6) is -0.104. The second-order valence-electron chi connectivity index (χ2n) is 4.61. The number of anilines is 1. The van der Waals surface area contributed by atoms with Gasteiger partial charge < -0.3 is 11.1 Å². The number of benzene rings is 1. The molecule has 0 bridgehead atoms. The van der Waals surface area contributed by atoms with Crippen LogP contribution < -0.4 is 16.4 Å². The molecule has 1 saturated carbocycles. The Morgan fingerprint density at radius 3 is 2.84 bits per heavy atom. The monoisotopic (exact) mass is 279 g/mol. The molecule has 3 amide bonds. The SMILES string of the molecule is Cc1ccc(N)cc1SCC(=O)NC(=O)NC1CC1. The minimum absolute atomic E-state index is 0.197. The Balaban J connectivity index is 1.78. The number of urea groups is 1. The molecule has 1 aliphatic carbocycles. The molecule has 1 aromatic carbocycles. The second kappa shape index (κ2) is 5.97. The van der Waals surface area contributed by atoms with Crippen molar-refractivity contribution in [2.45, 2.75) is 30.7 Å². The van der Waals surface area contributed by atoms with Gasteiger partial charge in [-0.1, -0.05) is 6.07 Å². The zero-order valence-electron chi connectivity index (χ0n) is 10.7. The molecule has 0 saturated heterocycles. The number of hydrogen-bond acceptors (Lipinski definition) is 4. The van der Waals surface area contributed by atoms with Crippen LogP contribution >= 0.6 is 11.8 Å². The number of nitrogens with two attached hydrogens (primary N) is 1. The highest BCUT2D eigenvalue weighted by molar-refractivity contribution is 8.00. The van der Waals surface area contributed by atoms with E-state index in [0.717, 1.165) is 23.3 Å². The summed E-state index contributed by atoms with van der Waals surface area (Å²) in [5.41, 5.74) is 7.43. The van der Waals surface area contributed by atoms with E-state index in [2.05, 4.69) is 10.6 Å². The van der Waals surface area contributed by atoms with Gasteiger partial charge in [0, 0.05) is 16.6 Å². The molecule has 0 heterocycles. The molecule has 102 valence electrons. The van der Waals surface area contributed by atoms with Gasteiger partial charge in [-0.15, -0.1) is 11.8 Å². The van der Waals surface area contributed by atoms with Crippen LogP contribution in [0.4, 0.5) is 10.5 Å². The fourth-order valence-electron chi connectivity index (χ4n) is 1.53. The lowest BCUT2D eigenvalue weighted by atomic mass is 10.2. The number of carbonyl (C=O) groups excluding carboxylic acids is 2. The quantitative estimate of drug-likeness (QED) is 0.578. The minimum atomic E-state index is -0.405. The number of rotatable bonds is 4. The third-order valence-electron chi connectivity index (χ3n) is 2.74. The number of nitrogens with one attached hydrogen (secondary N) is 2. The molecule has 1 fully saturated rings. The summed E-state index contributed by atoms with van der Waals surface area (Å²) in [6, 6.07) is 5.41. The van der Waals surface area contributed by atoms with Crippen LogP contribution in [0.3, 0.4) is 0 Å². The molecule has 0 radical (unpaired) electrons. The van der Waals surface area contributed by atoms with E-state index >= 15 is 0 Å². The number of amides is 3. The first-order valence-corrected chi connectivity index (χ1v) is 7.12. The lowest BCUT2D eigenvalue weighted by Crippen LogP contribution is -2.41. The smallest absolute Gasteiger partial charge is 0.321 e.